The van der Waals surface area contributed by atoms with E-state index in [0.29, 0.717) is 16.0 Å². The van der Waals surface area contributed by atoms with Crippen LogP contribution in [0.4, 0.5) is 4.39 Å². The van der Waals surface area contributed by atoms with Gasteiger partial charge in [-0.3, -0.25) is 0 Å². The molecule has 0 spiro atoms. The molecule has 2 nitrogen and oxygen atoms in total. The first kappa shape index (κ1) is 14.5. The summed E-state index contributed by atoms with van der Waals surface area (Å²) in [6.45, 7) is 1.87. The molecule has 0 heterocycles. The highest BCUT2D eigenvalue weighted by molar-refractivity contribution is 9.10. The molecule has 0 aliphatic heterocycles. The van der Waals surface area contributed by atoms with Crippen molar-refractivity contribution in [2.24, 2.45) is 5.73 Å². The lowest BCUT2D eigenvalue weighted by Crippen LogP contribution is -2.06. The quantitative estimate of drug-likeness (QED) is 0.787. The van der Waals surface area contributed by atoms with Crippen molar-refractivity contribution < 1.29 is 9.13 Å². The van der Waals surface area contributed by atoms with E-state index in [9.17, 15) is 4.39 Å². The fourth-order valence-electron chi connectivity index (χ4n) is 1.68. The summed E-state index contributed by atoms with van der Waals surface area (Å²) in [4.78, 5) is 0. The van der Waals surface area contributed by atoms with Gasteiger partial charge in [-0.05, 0) is 37.3 Å². The van der Waals surface area contributed by atoms with Gasteiger partial charge >= 0.3 is 0 Å². The minimum Gasteiger partial charge on any atom is -0.457 e. The first-order chi connectivity index (χ1) is 8.95. The molecule has 2 rings (SSSR count). The predicted molar refractivity (Wildman–Crippen MR) is 80.9 cm³/mol. The molecule has 5 heteroatoms. The predicted octanol–water partition coefficient (Wildman–Crippen LogP) is 5.16. The monoisotopic (exact) mass is 387 g/mol. The van der Waals surface area contributed by atoms with Crippen molar-refractivity contribution in [3.8, 4) is 11.5 Å². The van der Waals surface area contributed by atoms with Gasteiger partial charge in [0, 0.05) is 26.6 Å². The largest absolute Gasteiger partial charge is 0.457 e. The summed E-state index contributed by atoms with van der Waals surface area (Å²) in [6.07, 6.45) is 0. The van der Waals surface area contributed by atoms with E-state index in [1.54, 1.807) is 6.07 Å². The van der Waals surface area contributed by atoms with Gasteiger partial charge in [0.05, 0.1) is 0 Å². The van der Waals surface area contributed by atoms with Crippen LogP contribution in [0.15, 0.2) is 45.3 Å². The summed E-state index contributed by atoms with van der Waals surface area (Å²) in [5.74, 6) is 0.690. The SMILES string of the molecule is CC(N)c1cc(Br)ccc1Oc1cc(F)cc(Br)c1. The van der Waals surface area contributed by atoms with Gasteiger partial charge in [-0.15, -0.1) is 0 Å². The second-order valence-electron chi connectivity index (χ2n) is 4.18. The summed E-state index contributed by atoms with van der Waals surface area (Å²) in [7, 11) is 0. The minimum atomic E-state index is -0.358. The van der Waals surface area contributed by atoms with E-state index in [1.807, 2.05) is 25.1 Å². The van der Waals surface area contributed by atoms with Crippen molar-refractivity contribution in [2.75, 3.05) is 0 Å². The molecule has 2 N–H and O–H groups in total. The Labute approximate surface area is 128 Å². The molecule has 0 saturated carbocycles. The zero-order chi connectivity index (χ0) is 14.0. The van der Waals surface area contributed by atoms with E-state index in [0.717, 1.165) is 10.0 Å². The zero-order valence-electron chi connectivity index (χ0n) is 10.2. The van der Waals surface area contributed by atoms with Gasteiger partial charge in [0.1, 0.15) is 17.3 Å². The van der Waals surface area contributed by atoms with E-state index in [2.05, 4.69) is 31.9 Å². The van der Waals surface area contributed by atoms with Crippen LogP contribution in [-0.4, -0.2) is 0 Å². The fourth-order valence-corrected chi connectivity index (χ4v) is 2.51. The molecule has 0 radical (unpaired) electrons. The molecular formula is C14H12Br2FNO. The van der Waals surface area contributed by atoms with Crippen LogP contribution < -0.4 is 10.5 Å². The van der Waals surface area contributed by atoms with Crippen LogP contribution in [0, 0.1) is 5.82 Å². The van der Waals surface area contributed by atoms with Crippen molar-refractivity contribution >= 4 is 31.9 Å². The number of hydrogen-bond acceptors (Lipinski definition) is 2. The third-order valence-electron chi connectivity index (χ3n) is 2.53. The number of halogens is 3. The van der Waals surface area contributed by atoms with E-state index >= 15 is 0 Å². The highest BCUT2D eigenvalue weighted by Gasteiger charge is 2.10. The molecule has 0 aromatic heterocycles. The summed E-state index contributed by atoms with van der Waals surface area (Å²) in [5.41, 5.74) is 6.77. The average Bonchev–Trinajstić information content (AvgIpc) is 2.30. The molecule has 1 atom stereocenters. The lowest BCUT2D eigenvalue weighted by molar-refractivity contribution is 0.466. The van der Waals surface area contributed by atoms with Crippen LogP contribution in [-0.2, 0) is 0 Å². The zero-order valence-corrected chi connectivity index (χ0v) is 13.3. The van der Waals surface area contributed by atoms with Crippen molar-refractivity contribution in [1.29, 1.82) is 0 Å². The molecule has 2 aromatic rings. The topological polar surface area (TPSA) is 35.2 Å². The van der Waals surface area contributed by atoms with E-state index < -0.39 is 0 Å². The summed E-state index contributed by atoms with van der Waals surface area (Å²) < 4.78 is 20.6. The second kappa shape index (κ2) is 6.03. The molecular weight excluding hydrogens is 377 g/mol. The third-order valence-corrected chi connectivity index (χ3v) is 3.48. The Hall–Kier alpha value is -0.910. The summed E-state index contributed by atoms with van der Waals surface area (Å²) >= 11 is 6.63. The Morgan fingerprint density at radius 2 is 1.84 bits per heavy atom. The lowest BCUT2D eigenvalue weighted by Gasteiger charge is -2.14. The molecule has 19 heavy (non-hydrogen) atoms. The van der Waals surface area contributed by atoms with Crippen LogP contribution in [0.2, 0.25) is 0 Å². The molecule has 0 amide bonds. The first-order valence-corrected chi connectivity index (χ1v) is 7.23. The Bertz CT molecular complexity index is 582. The Balaban J connectivity index is 2.37. The van der Waals surface area contributed by atoms with Gasteiger partial charge in [0.25, 0.3) is 0 Å². The third kappa shape index (κ3) is 3.78. The fraction of sp³-hybridized carbons (Fsp3) is 0.143. The van der Waals surface area contributed by atoms with E-state index in [-0.39, 0.29) is 11.9 Å². The van der Waals surface area contributed by atoms with Crippen molar-refractivity contribution in [2.45, 2.75) is 13.0 Å². The second-order valence-corrected chi connectivity index (χ2v) is 6.01. The molecule has 0 aliphatic carbocycles. The normalized spacial score (nSPS) is 12.3. The first-order valence-electron chi connectivity index (χ1n) is 5.64. The smallest absolute Gasteiger partial charge is 0.132 e. The molecule has 1 unspecified atom stereocenters. The Kier molecular flexibility index (Phi) is 4.60. The van der Waals surface area contributed by atoms with Gasteiger partial charge in [-0.1, -0.05) is 31.9 Å². The highest BCUT2D eigenvalue weighted by atomic mass is 79.9. The number of benzene rings is 2. The van der Waals surface area contributed by atoms with Gasteiger partial charge in [-0.2, -0.15) is 0 Å². The average molecular weight is 389 g/mol. The number of ether oxygens (including phenoxy) is 1. The van der Waals surface area contributed by atoms with Crippen molar-refractivity contribution in [3.63, 3.8) is 0 Å². The summed E-state index contributed by atoms with van der Waals surface area (Å²) in [6, 6.07) is 9.80. The van der Waals surface area contributed by atoms with Gasteiger partial charge in [0.2, 0.25) is 0 Å². The number of nitrogens with two attached hydrogens (primary N) is 1. The minimum absolute atomic E-state index is 0.176. The number of hydrogen-bond donors (Lipinski definition) is 1. The molecule has 0 saturated heterocycles. The van der Waals surface area contributed by atoms with Crippen LogP contribution in [0.3, 0.4) is 0 Å². The highest BCUT2D eigenvalue weighted by Crippen LogP contribution is 2.32. The molecule has 100 valence electrons. The molecule has 2 aromatic carbocycles. The molecule has 0 fully saturated rings. The summed E-state index contributed by atoms with van der Waals surface area (Å²) in [5, 5.41) is 0. The maximum Gasteiger partial charge on any atom is 0.132 e. The van der Waals surface area contributed by atoms with Crippen LogP contribution in [0.1, 0.15) is 18.5 Å². The van der Waals surface area contributed by atoms with Crippen LogP contribution >= 0.6 is 31.9 Å². The molecule has 0 aliphatic rings. The maximum atomic E-state index is 13.3. The van der Waals surface area contributed by atoms with Gasteiger partial charge in [0.15, 0.2) is 0 Å². The van der Waals surface area contributed by atoms with E-state index in [4.69, 9.17) is 10.5 Å². The molecule has 0 bridgehead atoms. The van der Waals surface area contributed by atoms with E-state index in [1.165, 1.54) is 12.1 Å². The Morgan fingerprint density at radius 1 is 1.11 bits per heavy atom. The van der Waals surface area contributed by atoms with Gasteiger partial charge in [-0.25, -0.2) is 4.39 Å². The van der Waals surface area contributed by atoms with Crippen molar-refractivity contribution in [3.05, 3.63) is 56.7 Å². The standard InChI is InChI=1S/C14H12Br2FNO/c1-8(18)13-6-9(15)2-3-14(13)19-12-5-10(16)4-11(17)7-12/h2-8H,18H2,1H3. The van der Waals surface area contributed by atoms with Gasteiger partial charge < -0.3 is 10.5 Å². The maximum absolute atomic E-state index is 13.3. The van der Waals surface area contributed by atoms with Crippen molar-refractivity contribution in [1.82, 2.24) is 0 Å². The lowest BCUT2D eigenvalue weighted by atomic mass is 10.1. The van der Waals surface area contributed by atoms with Crippen LogP contribution in [0.5, 0.6) is 11.5 Å². The Morgan fingerprint density at radius 3 is 2.47 bits per heavy atom. The number of rotatable bonds is 3. The van der Waals surface area contributed by atoms with Crippen LogP contribution in [0.25, 0.3) is 0 Å².